The van der Waals surface area contributed by atoms with Gasteiger partial charge in [-0.3, -0.25) is 29.0 Å². The number of rotatable bonds is 17. The van der Waals surface area contributed by atoms with Crippen molar-refractivity contribution in [2.45, 2.75) is 69.4 Å². The zero-order valence-electron chi connectivity index (χ0n) is 24.6. The molecule has 1 aromatic carbocycles. The molecule has 2 aromatic rings. The third kappa shape index (κ3) is 10.5. The Labute approximate surface area is 253 Å². The molecule has 1 heterocycles. The highest BCUT2D eigenvalue weighted by atomic mass is 16.3. The number of carbonyl (C=O) groups is 5. The minimum absolute atomic E-state index is 0.0182. The maximum absolute atomic E-state index is 13.0. The summed E-state index contributed by atoms with van der Waals surface area (Å²) in [5.74, 6) is -4.27. The van der Waals surface area contributed by atoms with Crippen LogP contribution in [0.2, 0.25) is 0 Å². The fourth-order valence-electron chi connectivity index (χ4n) is 4.15. The van der Waals surface area contributed by atoms with Gasteiger partial charge < -0.3 is 59.4 Å². The number of nitrogens with two attached hydrogens (primary N) is 4. The van der Waals surface area contributed by atoms with Gasteiger partial charge in [-0.15, -0.1) is 0 Å². The molecule has 0 spiro atoms. The first kappa shape index (κ1) is 35.5. The van der Waals surface area contributed by atoms with Crippen molar-refractivity contribution in [1.82, 2.24) is 26.3 Å². The zero-order valence-corrected chi connectivity index (χ0v) is 24.6. The number of aliphatic hydroxyl groups excluding tert-OH is 2. The number of hydrogen-bond acceptors (Lipinski definition) is 9. The first-order valence-corrected chi connectivity index (χ1v) is 13.9. The number of nitrogens with zero attached hydrogens (tertiary/aromatic N) is 1. The molecule has 17 heteroatoms. The Balaban J connectivity index is 2.04. The summed E-state index contributed by atoms with van der Waals surface area (Å²) < 4.78 is 0. The molecule has 0 saturated carbocycles. The summed E-state index contributed by atoms with van der Waals surface area (Å²) >= 11 is 0. The predicted molar refractivity (Wildman–Crippen MR) is 161 cm³/mol. The Hall–Kier alpha value is -4.74. The van der Waals surface area contributed by atoms with E-state index in [1.165, 1.54) is 13.8 Å². The van der Waals surface area contributed by atoms with E-state index in [1.54, 1.807) is 6.20 Å². The van der Waals surface area contributed by atoms with Crippen LogP contribution < -0.4 is 44.2 Å². The normalized spacial score (nSPS) is 15.1. The number of guanidine groups is 1. The second-order valence-corrected chi connectivity index (χ2v) is 10.3. The zero-order chi connectivity index (χ0) is 33.0. The lowest BCUT2D eigenvalue weighted by atomic mass is 10.0. The van der Waals surface area contributed by atoms with Crippen molar-refractivity contribution in [1.29, 1.82) is 0 Å². The van der Waals surface area contributed by atoms with Crippen LogP contribution in [0.3, 0.4) is 0 Å². The molecule has 17 nitrogen and oxygen atoms in total. The van der Waals surface area contributed by atoms with E-state index in [4.69, 9.17) is 22.9 Å². The second-order valence-electron chi connectivity index (χ2n) is 10.3. The van der Waals surface area contributed by atoms with Gasteiger partial charge in [0.15, 0.2) is 5.96 Å². The number of primary amides is 1. The van der Waals surface area contributed by atoms with E-state index in [1.807, 2.05) is 24.3 Å². The minimum atomic E-state index is -1.52. The Morgan fingerprint density at radius 3 is 2.11 bits per heavy atom. The molecule has 0 aliphatic heterocycles. The molecule has 0 aliphatic carbocycles. The van der Waals surface area contributed by atoms with Crippen molar-refractivity contribution in [3.8, 4) is 0 Å². The average Bonchev–Trinajstić information content (AvgIpc) is 3.38. The number of amides is 5. The van der Waals surface area contributed by atoms with E-state index in [-0.39, 0.29) is 31.8 Å². The summed E-state index contributed by atoms with van der Waals surface area (Å²) in [5, 5.41) is 29.9. The molecule has 1 aromatic heterocycles. The maximum atomic E-state index is 13.0. The summed E-state index contributed by atoms with van der Waals surface area (Å²) in [4.78, 5) is 70.2. The number of carbonyl (C=O) groups excluding carboxylic acids is 5. The molecular formula is C27H42N10O7. The van der Waals surface area contributed by atoms with Crippen LogP contribution in [0.1, 0.15) is 32.3 Å². The topological polar surface area (TPSA) is 306 Å². The molecule has 6 atom stereocenters. The number of aromatic nitrogens is 1. The van der Waals surface area contributed by atoms with Crippen LogP contribution >= 0.6 is 0 Å². The van der Waals surface area contributed by atoms with Crippen molar-refractivity contribution in [3.63, 3.8) is 0 Å². The number of aliphatic hydroxyl groups is 2. The summed E-state index contributed by atoms with van der Waals surface area (Å²) in [7, 11) is 0. The molecule has 5 amide bonds. The third-order valence-electron chi connectivity index (χ3n) is 6.73. The summed E-state index contributed by atoms with van der Waals surface area (Å²) in [6.07, 6.45) is 0.856. The largest absolute Gasteiger partial charge is 0.394 e. The average molecular weight is 619 g/mol. The molecule has 0 bridgehead atoms. The number of aliphatic imine (C=N–C) groups is 1. The van der Waals surface area contributed by atoms with Crippen molar-refractivity contribution in [2.24, 2.45) is 27.9 Å². The van der Waals surface area contributed by atoms with Crippen LogP contribution in [0.4, 0.5) is 0 Å². The van der Waals surface area contributed by atoms with E-state index in [2.05, 4.69) is 31.2 Å². The van der Waals surface area contributed by atoms with Crippen LogP contribution in [0.25, 0.3) is 10.9 Å². The van der Waals surface area contributed by atoms with Gasteiger partial charge in [0.25, 0.3) is 0 Å². The first-order chi connectivity index (χ1) is 20.7. The third-order valence-corrected chi connectivity index (χ3v) is 6.73. The van der Waals surface area contributed by atoms with E-state index in [0.29, 0.717) is 0 Å². The number of hydrogen-bond donors (Lipinski definition) is 11. The molecule has 15 N–H and O–H groups in total. The summed E-state index contributed by atoms with van der Waals surface area (Å²) in [5.41, 5.74) is 23.4. The standard InChI is InChI=1S/C27H42N10O7/c1-13(23(41)36-19(22(29)40)10-15-11-33-17-7-4-3-6-16(15)17)34-25(43)20(12-38)37-24(42)18(8-5-9-32-27(30)31)35-26(44)21(28)14(2)39/h3-4,6-7,11,13-14,18-21,33,38-39H,5,8-10,12,28H2,1-2H3,(H2,29,40)(H,34,43)(H,35,44)(H,36,41)(H,37,42)(H4,30,31,32)/t13-,14+,18-,19+,20-,21+/m0/s1. The van der Waals surface area contributed by atoms with Crippen molar-refractivity contribution >= 4 is 46.4 Å². The Morgan fingerprint density at radius 1 is 0.886 bits per heavy atom. The fraction of sp³-hybridized carbons (Fsp3) is 0.481. The maximum Gasteiger partial charge on any atom is 0.245 e. The van der Waals surface area contributed by atoms with E-state index >= 15 is 0 Å². The number of nitrogens with one attached hydrogen (secondary N) is 5. The number of benzene rings is 1. The van der Waals surface area contributed by atoms with E-state index < -0.39 is 72.5 Å². The number of para-hydroxylation sites is 1. The van der Waals surface area contributed by atoms with Gasteiger partial charge in [0, 0.05) is 30.1 Å². The predicted octanol–water partition coefficient (Wildman–Crippen LogP) is -4.09. The Kier molecular flexibility index (Phi) is 13.5. The first-order valence-electron chi connectivity index (χ1n) is 13.9. The Bertz CT molecular complexity index is 1340. The monoisotopic (exact) mass is 618 g/mol. The van der Waals surface area contributed by atoms with E-state index in [9.17, 15) is 34.2 Å². The molecule has 44 heavy (non-hydrogen) atoms. The quantitative estimate of drug-likeness (QED) is 0.0462. The van der Waals surface area contributed by atoms with Gasteiger partial charge >= 0.3 is 0 Å². The van der Waals surface area contributed by atoms with Crippen LogP contribution in [0.5, 0.6) is 0 Å². The van der Waals surface area contributed by atoms with Gasteiger partial charge in [0.1, 0.15) is 30.2 Å². The van der Waals surface area contributed by atoms with E-state index in [0.717, 1.165) is 16.5 Å². The highest BCUT2D eigenvalue weighted by Gasteiger charge is 2.30. The van der Waals surface area contributed by atoms with Crippen LogP contribution in [-0.2, 0) is 30.4 Å². The molecule has 0 fully saturated rings. The van der Waals surface area contributed by atoms with Gasteiger partial charge in [0.2, 0.25) is 29.5 Å². The van der Waals surface area contributed by atoms with Crippen LogP contribution in [-0.4, -0.2) is 100 Å². The molecule has 0 unspecified atom stereocenters. The van der Waals surface area contributed by atoms with Gasteiger partial charge in [-0.25, -0.2) is 0 Å². The number of aromatic amines is 1. The highest BCUT2D eigenvalue weighted by Crippen LogP contribution is 2.19. The molecule has 0 aliphatic rings. The lowest BCUT2D eigenvalue weighted by Gasteiger charge is -2.25. The molecule has 0 radical (unpaired) electrons. The van der Waals surface area contributed by atoms with Gasteiger partial charge in [-0.1, -0.05) is 18.2 Å². The minimum Gasteiger partial charge on any atom is -0.394 e. The number of fused-ring (bicyclic) bond motifs is 1. The van der Waals surface area contributed by atoms with Crippen molar-refractivity contribution in [2.75, 3.05) is 13.2 Å². The second kappa shape index (κ2) is 16.8. The van der Waals surface area contributed by atoms with Crippen LogP contribution in [0.15, 0.2) is 35.5 Å². The van der Waals surface area contributed by atoms with Crippen LogP contribution in [0, 0.1) is 0 Å². The van der Waals surface area contributed by atoms with Gasteiger partial charge in [-0.2, -0.15) is 0 Å². The van der Waals surface area contributed by atoms with Crippen molar-refractivity contribution in [3.05, 3.63) is 36.0 Å². The smallest absolute Gasteiger partial charge is 0.245 e. The Morgan fingerprint density at radius 2 is 1.50 bits per heavy atom. The number of H-pyrrole nitrogens is 1. The summed E-state index contributed by atoms with van der Waals surface area (Å²) in [6, 6.07) is 1.03. The van der Waals surface area contributed by atoms with Crippen molar-refractivity contribution < 1.29 is 34.2 Å². The summed E-state index contributed by atoms with van der Waals surface area (Å²) in [6.45, 7) is 1.93. The molecule has 2 rings (SSSR count). The molecular weight excluding hydrogens is 576 g/mol. The van der Waals surface area contributed by atoms with Gasteiger partial charge in [0.05, 0.1) is 12.7 Å². The molecule has 0 saturated heterocycles. The van der Waals surface area contributed by atoms with Gasteiger partial charge in [-0.05, 0) is 38.3 Å². The lowest BCUT2D eigenvalue weighted by Crippen LogP contribution is -2.59. The highest BCUT2D eigenvalue weighted by molar-refractivity contribution is 5.96. The lowest BCUT2D eigenvalue weighted by molar-refractivity contribution is -0.135. The fourth-order valence-corrected chi connectivity index (χ4v) is 4.15. The molecule has 242 valence electrons. The SMILES string of the molecule is C[C@H](NC(=O)[C@H](CO)NC(=O)[C@H](CCCN=C(N)N)NC(=O)[C@H](N)[C@@H](C)O)C(=O)N[C@H](Cc1c[nH]c2ccccc12)C(N)=O.